The highest BCUT2D eigenvalue weighted by atomic mass is 79.9. The number of ether oxygens (including phenoxy) is 3. The standard InChI is InChI=1S/C26H28BrNO5/c1-14(2)33-17-7-5-15(6-8-17)16-9-21-26(22(29)10-16)19(12-25(30)28-21)18-11-23(31-3)24(32-4)13-20(18)27/h5-8,11,13-14,16,19H,9-10,12H2,1-4H3,(H,28,30). The molecule has 1 amide bonds. The number of rotatable bonds is 6. The maximum Gasteiger partial charge on any atom is 0.225 e. The first-order valence-corrected chi connectivity index (χ1v) is 11.8. The summed E-state index contributed by atoms with van der Waals surface area (Å²) >= 11 is 3.60. The van der Waals surface area contributed by atoms with Gasteiger partial charge in [0.25, 0.3) is 0 Å². The van der Waals surface area contributed by atoms with Gasteiger partial charge in [-0.3, -0.25) is 9.59 Å². The van der Waals surface area contributed by atoms with E-state index in [4.69, 9.17) is 14.2 Å². The molecule has 0 fully saturated rings. The first-order valence-electron chi connectivity index (χ1n) is 11.0. The predicted molar refractivity (Wildman–Crippen MR) is 129 cm³/mol. The van der Waals surface area contributed by atoms with E-state index in [1.54, 1.807) is 14.2 Å². The molecule has 0 saturated heterocycles. The van der Waals surface area contributed by atoms with E-state index >= 15 is 0 Å². The third kappa shape index (κ3) is 4.78. The highest BCUT2D eigenvalue weighted by Gasteiger charge is 2.39. The van der Waals surface area contributed by atoms with Crippen LogP contribution in [0.15, 0.2) is 52.1 Å². The van der Waals surface area contributed by atoms with Gasteiger partial charge >= 0.3 is 0 Å². The summed E-state index contributed by atoms with van der Waals surface area (Å²) in [5, 5.41) is 2.98. The van der Waals surface area contributed by atoms with Crippen molar-refractivity contribution in [3.63, 3.8) is 0 Å². The summed E-state index contributed by atoms with van der Waals surface area (Å²) in [7, 11) is 3.15. The SMILES string of the molecule is COc1cc(Br)c(C2CC(=O)NC3=C2C(=O)CC(c2ccc(OC(C)C)cc2)C3)cc1OC. The number of carbonyl (C=O) groups excluding carboxylic acids is 2. The fourth-order valence-corrected chi connectivity index (χ4v) is 5.29. The van der Waals surface area contributed by atoms with E-state index in [2.05, 4.69) is 21.2 Å². The number of hydrogen-bond acceptors (Lipinski definition) is 5. The van der Waals surface area contributed by atoms with E-state index in [-0.39, 0.29) is 36.1 Å². The Labute approximate surface area is 202 Å². The first-order chi connectivity index (χ1) is 15.8. The lowest BCUT2D eigenvalue weighted by Gasteiger charge is -2.35. The maximum atomic E-state index is 13.4. The van der Waals surface area contributed by atoms with E-state index in [1.807, 2.05) is 50.2 Å². The molecular formula is C26H28BrNO5. The maximum absolute atomic E-state index is 13.4. The molecule has 0 spiro atoms. The minimum Gasteiger partial charge on any atom is -0.493 e. The van der Waals surface area contributed by atoms with Gasteiger partial charge < -0.3 is 19.5 Å². The van der Waals surface area contributed by atoms with Crippen LogP contribution in [0.2, 0.25) is 0 Å². The van der Waals surface area contributed by atoms with Crippen LogP contribution in [0.4, 0.5) is 0 Å². The number of amides is 1. The Morgan fingerprint density at radius 1 is 0.970 bits per heavy atom. The van der Waals surface area contributed by atoms with Gasteiger partial charge in [0.2, 0.25) is 5.91 Å². The summed E-state index contributed by atoms with van der Waals surface area (Å²) in [4.78, 5) is 26.0. The third-order valence-electron chi connectivity index (χ3n) is 6.14. The van der Waals surface area contributed by atoms with Gasteiger partial charge in [0.15, 0.2) is 17.3 Å². The lowest BCUT2D eigenvalue weighted by atomic mass is 9.73. The van der Waals surface area contributed by atoms with Crippen molar-refractivity contribution in [1.82, 2.24) is 5.32 Å². The molecule has 0 saturated carbocycles. The summed E-state index contributed by atoms with van der Waals surface area (Å²) in [5.41, 5.74) is 3.33. The second-order valence-electron chi connectivity index (χ2n) is 8.69. The minimum atomic E-state index is -0.335. The van der Waals surface area contributed by atoms with E-state index in [0.717, 1.165) is 27.0 Å². The van der Waals surface area contributed by atoms with Crippen molar-refractivity contribution < 1.29 is 23.8 Å². The van der Waals surface area contributed by atoms with Crippen molar-refractivity contribution in [3.05, 3.63) is 63.3 Å². The van der Waals surface area contributed by atoms with Gasteiger partial charge in [-0.25, -0.2) is 0 Å². The van der Waals surface area contributed by atoms with Crippen LogP contribution < -0.4 is 19.5 Å². The van der Waals surface area contributed by atoms with Crippen LogP contribution in [0.3, 0.4) is 0 Å². The monoisotopic (exact) mass is 513 g/mol. The quantitative estimate of drug-likeness (QED) is 0.570. The van der Waals surface area contributed by atoms with Gasteiger partial charge in [-0.1, -0.05) is 28.1 Å². The molecule has 0 radical (unpaired) electrons. The van der Waals surface area contributed by atoms with E-state index in [1.165, 1.54) is 0 Å². The van der Waals surface area contributed by atoms with Gasteiger partial charge in [-0.15, -0.1) is 0 Å². The average molecular weight is 514 g/mol. The second-order valence-corrected chi connectivity index (χ2v) is 9.54. The molecule has 7 heteroatoms. The minimum absolute atomic E-state index is 0.0113. The zero-order valence-corrected chi connectivity index (χ0v) is 20.8. The van der Waals surface area contributed by atoms with Crippen molar-refractivity contribution >= 4 is 27.6 Å². The van der Waals surface area contributed by atoms with Gasteiger partial charge in [0, 0.05) is 34.5 Å². The van der Waals surface area contributed by atoms with Crippen molar-refractivity contribution in [3.8, 4) is 17.2 Å². The summed E-state index contributed by atoms with van der Waals surface area (Å²) in [5.74, 6) is 1.61. The van der Waals surface area contributed by atoms with Gasteiger partial charge in [0.1, 0.15) is 5.75 Å². The number of nitrogens with one attached hydrogen (secondary N) is 1. The zero-order chi connectivity index (χ0) is 23.7. The number of methoxy groups -OCH3 is 2. The molecule has 1 heterocycles. The van der Waals surface area contributed by atoms with Crippen LogP contribution in [0, 0.1) is 0 Å². The number of allylic oxidation sites excluding steroid dienone is 2. The van der Waals surface area contributed by atoms with Crippen LogP contribution >= 0.6 is 15.9 Å². The molecule has 4 rings (SSSR count). The lowest BCUT2D eigenvalue weighted by Crippen LogP contribution is -2.38. The second kappa shape index (κ2) is 9.59. The highest BCUT2D eigenvalue weighted by Crippen LogP contribution is 2.46. The lowest BCUT2D eigenvalue weighted by molar-refractivity contribution is -0.122. The van der Waals surface area contributed by atoms with Crippen molar-refractivity contribution in [2.24, 2.45) is 0 Å². The predicted octanol–water partition coefficient (Wildman–Crippen LogP) is 5.26. The Morgan fingerprint density at radius 2 is 1.64 bits per heavy atom. The summed E-state index contributed by atoms with van der Waals surface area (Å²) in [6.07, 6.45) is 1.33. The molecule has 174 valence electrons. The number of ketones is 1. The van der Waals surface area contributed by atoms with E-state index in [0.29, 0.717) is 29.9 Å². The fraction of sp³-hybridized carbons (Fsp3) is 0.385. The average Bonchev–Trinajstić information content (AvgIpc) is 2.78. The molecule has 2 atom stereocenters. The van der Waals surface area contributed by atoms with Crippen LogP contribution in [0.5, 0.6) is 17.2 Å². The fourth-order valence-electron chi connectivity index (χ4n) is 4.69. The first kappa shape index (κ1) is 23.4. The molecule has 2 aromatic carbocycles. The Balaban J connectivity index is 1.67. The highest BCUT2D eigenvalue weighted by molar-refractivity contribution is 9.10. The molecule has 0 aromatic heterocycles. The number of Topliss-reactive ketones (excluding diaryl/α,β-unsaturated/α-hetero) is 1. The Morgan fingerprint density at radius 3 is 2.27 bits per heavy atom. The Hall–Kier alpha value is -2.80. The molecule has 2 aromatic rings. The van der Waals surface area contributed by atoms with E-state index < -0.39 is 0 Å². The van der Waals surface area contributed by atoms with Crippen LogP contribution in [-0.4, -0.2) is 32.0 Å². The summed E-state index contributed by atoms with van der Waals surface area (Å²) in [6, 6.07) is 11.6. The molecule has 1 aliphatic heterocycles. The zero-order valence-electron chi connectivity index (χ0n) is 19.2. The van der Waals surface area contributed by atoms with Crippen molar-refractivity contribution in [2.75, 3.05) is 14.2 Å². The van der Waals surface area contributed by atoms with Crippen LogP contribution in [0.25, 0.3) is 0 Å². The molecule has 0 bridgehead atoms. The van der Waals surface area contributed by atoms with Crippen LogP contribution in [-0.2, 0) is 9.59 Å². The molecule has 2 unspecified atom stereocenters. The smallest absolute Gasteiger partial charge is 0.225 e. The molecule has 33 heavy (non-hydrogen) atoms. The Kier molecular flexibility index (Phi) is 6.79. The summed E-state index contributed by atoms with van der Waals surface area (Å²) in [6.45, 7) is 3.97. The normalized spacial score (nSPS) is 20.4. The molecule has 6 nitrogen and oxygen atoms in total. The van der Waals surface area contributed by atoms with Crippen LogP contribution in [0.1, 0.15) is 56.1 Å². The van der Waals surface area contributed by atoms with Gasteiger partial charge in [-0.05, 0) is 61.6 Å². The topological polar surface area (TPSA) is 73.9 Å². The summed E-state index contributed by atoms with van der Waals surface area (Å²) < 4.78 is 17.4. The molecule has 1 aliphatic carbocycles. The number of halogens is 1. The number of carbonyl (C=O) groups is 2. The third-order valence-corrected chi connectivity index (χ3v) is 6.82. The molecule has 2 aliphatic rings. The van der Waals surface area contributed by atoms with E-state index in [9.17, 15) is 9.59 Å². The van der Waals surface area contributed by atoms with Gasteiger partial charge in [-0.2, -0.15) is 0 Å². The van der Waals surface area contributed by atoms with Crippen molar-refractivity contribution in [1.29, 1.82) is 0 Å². The largest absolute Gasteiger partial charge is 0.493 e. The molecule has 1 N–H and O–H groups in total. The van der Waals surface area contributed by atoms with Crippen molar-refractivity contribution in [2.45, 2.75) is 51.0 Å². The number of hydrogen-bond donors (Lipinski definition) is 1. The number of benzene rings is 2. The van der Waals surface area contributed by atoms with Gasteiger partial charge in [0.05, 0.1) is 20.3 Å². The Bertz CT molecular complexity index is 1110. The molecular weight excluding hydrogens is 486 g/mol.